The van der Waals surface area contributed by atoms with E-state index in [0.29, 0.717) is 10.7 Å². The van der Waals surface area contributed by atoms with Gasteiger partial charge in [-0.1, -0.05) is 11.8 Å². The summed E-state index contributed by atoms with van der Waals surface area (Å²) in [6, 6.07) is 9.07. The molecule has 0 amide bonds. The summed E-state index contributed by atoms with van der Waals surface area (Å²) < 4.78 is 0. The van der Waals surface area contributed by atoms with Gasteiger partial charge in [-0.2, -0.15) is 5.26 Å². The van der Waals surface area contributed by atoms with Gasteiger partial charge in [0.25, 0.3) is 0 Å². The van der Waals surface area contributed by atoms with Gasteiger partial charge in [0.05, 0.1) is 24.4 Å². The van der Waals surface area contributed by atoms with Gasteiger partial charge >= 0.3 is 0 Å². The molecular formula is C10H11N3OS. The minimum absolute atomic E-state index is 0.624. The molecule has 0 aliphatic rings. The fraction of sp³-hybridized carbons (Fsp3) is 0.200. The van der Waals surface area contributed by atoms with E-state index in [2.05, 4.69) is 16.5 Å². The SMILES string of the molecule is CONC(=Nc1ccc(C#N)cc1)SC. The Bertz CT molecular complexity index is 381. The Labute approximate surface area is 92.9 Å². The van der Waals surface area contributed by atoms with E-state index in [1.807, 2.05) is 6.26 Å². The second-order valence-electron chi connectivity index (χ2n) is 2.59. The van der Waals surface area contributed by atoms with Crippen LogP contribution in [0.2, 0.25) is 0 Å². The van der Waals surface area contributed by atoms with Crippen molar-refractivity contribution in [2.75, 3.05) is 13.4 Å². The lowest BCUT2D eigenvalue weighted by Gasteiger charge is -2.03. The number of nitriles is 1. The van der Waals surface area contributed by atoms with E-state index < -0.39 is 0 Å². The van der Waals surface area contributed by atoms with E-state index in [1.165, 1.54) is 18.9 Å². The largest absolute Gasteiger partial charge is 0.278 e. The standard InChI is InChI=1S/C10H11N3OS/c1-14-13-10(15-2)12-9-5-3-8(7-11)4-6-9/h3-6H,1-2H3,(H,12,13). The first-order chi connectivity index (χ1) is 7.30. The zero-order valence-corrected chi connectivity index (χ0v) is 9.34. The molecule has 0 aliphatic carbocycles. The minimum atomic E-state index is 0.624. The van der Waals surface area contributed by atoms with Crippen molar-refractivity contribution in [3.05, 3.63) is 29.8 Å². The normalized spacial score (nSPS) is 10.9. The summed E-state index contributed by atoms with van der Waals surface area (Å²) >= 11 is 1.45. The topological polar surface area (TPSA) is 57.4 Å². The lowest BCUT2D eigenvalue weighted by Crippen LogP contribution is -2.17. The Hall–Kier alpha value is -1.51. The molecule has 1 rings (SSSR count). The van der Waals surface area contributed by atoms with Gasteiger partial charge in [0.1, 0.15) is 0 Å². The van der Waals surface area contributed by atoms with Crippen LogP contribution in [-0.4, -0.2) is 18.5 Å². The fourth-order valence-corrected chi connectivity index (χ4v) is 1.29. The van der Waals surface area contributed by atoms with Crippen LogP contribution < -0.4 is 5.48 Å². The summed E-state index contributed by atoms with van der Waals surface area (Å²) in [6.45, 7) is 0. The third kappa shape index (κ3) is 3.62. The predicted octanol–water partition coefficient (Wildman–Crippen LogP) is 2.06. The smallest absolute Gasteiger partial charge is 0.185 e. The van der Waals surface area contributed by atoms with Crippen LogP contribution in [0, 0.1) is 11.3 Å². The Morgan fingerprint density at radius 2 is 2.13 bits per heavy atom. The number of hydrogen-bond donors (Lipinski definition) is 1. The van der Waals surface area contributed by atoms with Crippen LogP contribution in [0.5, 0.6) is 0 Å². The van der Waals surface area contributed by atoms with E-state index in [-0.39, 0.29) is 0 Å². The van der Waals surface area contributed by atoms with Gasteiger partial charge < -0.3 is 0 Å². The van der Waals surface area contributed by atoms with Crippen molar-refractivity contribution < 1.29 is 4.84 Å². The van der Waals surface area contributed by atoms with E-state index in [4.69, 9.17) is 10.1 Å². The molecule has 0 heterocycles. The lowest BCUT2D eigenvalue weighted by molar-refractivity contribution is 0.147. The highest BCUT2D eigenvalue weighted by Gasteiger charge is 1.96. The number of benzene rings is 1. The number of amidine groups is 1. The van der Waals surface area contributed by atoms with Crippen LogP contribution in [0.3, 0.4) is 0 Å². The van der Waals surface area contributed by atoms with Gasteiger partial charge in [-0.25, -0.2) is 10.5 Å². The number of hydroxylamine groups is 1. The van der Waals surface area contributed by atoms with Gasteiger partial charge in [0, 0.05) is 0 Å². The zero-order valence-electron chi connectivity index (χ0n) is 8.52. The highest BCUT2D eigenvalue weighted by molar-refractivity contribution is 8.13. The summed E-state index contributed by atoms with van der Waals surface area (Å²) in [5, 5.41) is 9.29. The molecule has 0 spiro atoms. The molecule has 78 valence electrons. The molecule has 0 saturated heterocycles. The molecule has 0 saturated carbocycles. The molecular weight excluding hydrogens is 210 g/mol. The van der Waals surface area contributed by atoms with Crippen molar-refractivity contribution in [1.82, 2.24) is 5.48 Å². The van der Waals surface area contributed by atoms with E-state index >= 15 is 0 Å². The van der Waals surface area contributed by atoms with E-state index in [0.717, 1.165) is 5.69 Å². The predicted molar refractivity (Wildman–Crippen MR) is 61.9 cm³/mol. The first kappa shape index (κ1) is 11.6. The molecule has 0 aliphatic heterocycles. The second kappa shape index (κ2) is 6.06. The van der Waals surface area contributed by atoms with Crippen LogP contribution in [0.4, 0.5) is 5.69 Å². The van der Waals surface area contributed by atoms with Crippen molar-refractivity contribution in [2.45, 2.75) is 0 Å². The van der Waals surface area contributed by atoms with Gasteiger partial charge in [0.15, 0.2) is 5.17 Å². The van der Waals surface area contributed by atoms with Crippen LogP contribution in [0.25, 0.3) is 0 Å². The van der Waals surface area contributed by atoms with Gasteiger partial charge in [-0.15, -0.1) is 0 Å². The summed E-state index contributed by atoms with van der Waals surface area (Å²) in [4.78, 5) is 9.03. The van der Waals surface area contributed by atoms with Gasteiger partial charge in [-0.3, -0.25) is 4.84 Å². The summed E-state index contributed by atoms with van der Waals surface area (Å²) in [7, 11) is 1.53. The highest BCUT2D eigenvalue weighted by atomic mass is 32.2. The zero-order chi connectivity index (χ0) is 11.1. The number of aliphatic imine (C=N–C) groups is 1. The molecule has 15 heavy (non-hydrogen) atoms. The molecule has 5 heteroatoms. The Kier molecular flexibility index (Phi) is 4.68. The quantitative estimate of drug-likeness (QED) is 0.472. The second-order valence-corrected chi connectivity index (χ2v) is 3.38. The number of hydrogen-bond acceptors (Lipinski definition) is 4. The lowest BCUT2D eigenvalue weighted by atomic mass is 10.2. The average Bonchev–Trinajstić information content (AvgIpc) is 2.29. The van der Waals surface area contributed by atoms with Crippen molar-refractivity contribution in [1.29, 1.82) is 5.26 Å². The fourth-order valence-electron chi connectivity index (χ4n) is 0.925. The molecule has 0 radical (unpaired) electrons. The van der Waals surface area contributed by atoms with E-state index in [1.54, 1.807) is 24.3 Å². The molecule has 0 fully saturated rings. The maximum atomic E-state index is 8.62. The first-order valence-electron chi connectivity index (χ1n) is 4.22. The molecule has 1 N–H and O–H groups in total. The van der Waals surface area contributed by atoms with Crippen LogP contribution in [0.1, 0.15) is 5.56 Å². The highest BCUT2D eigenvalue weighted by Crippen LogP contribution is 2.14. The van der Waals surface area contributed by atoms with E-state index in [9.17, 15) is 0 Å². The number of nitrogens with zero attached hydrogens (tertiary/aromatic N) is 2. The van der Waals surface area contributed by atoms with Crippen molar-refractivity contribution in [3.8, 4) is 6.07 Å². The third-order valence-corrected chi connectivity index (χ3v) is 2.17. The van der Waals surface area contributed by atoms with Gasteiger partial charge in [0.2, 0.25) is 0 Å². The summed E-state index contributed by atoms with van der Waals surface area (Å²) in [5.74, 6) is 0. The Balaban J connectivity index is 2.83. The maximum Gasteiger partial charge on any atom is 0.185 e. The maximum absolute atomic E-state index is 8.62. The monoisotopic (exact) mass is 221 g/mol. The number of rotatable bonds is 2. The molecule has 0 aromatic heterocycles. The average molecular weight is 221 g/mol. The van der Waals surface area contributed by atoms with Gasteiger partial charge in [-0.05, 0) is 30.5 Å². The molecule has 0 unspecified atom stereocenters. The van der Waals surface area contributed by atoms with Crippen molar-refractivity contribution >= 4 is 22.6 Å². The molecule has 4 nitrogen and oxygen atoms in total. The Morgan fingerprint density at radius 3 is 2.60 bits per heavy atom. The van der Waals surface area contributed by atoms with Crippen LogP contribution in [0.15, 0.2) is 29.3 Å². The third-order valence-electron chi connectivity index (χ3n) is 1.61. The van der Waals surface area contributed by atoms with Crippen molar-refractivity contribution in [2.24, 2.45) is 4.99 Å². The molecule has 0 atom stereocenters. The molecule has 1 aromatic rings. The number of thioether (sulfide) groups is 1. The van der Waals surface area contributed by atoms with Crippen molar-refractivity contribution in [3.63, 3.8) is 0 Å². The summed E-state index contributed by atoms with van der Waals surface area (Å²) in [5.41, 5.74) is 4.06. The summed E-state index contributed by atoms with van der Waals surface area (Å²) in [6.07, 6.45) is 1.90. The molecule has 0 bridgehead atoms. The minimum Gasteiger partial charge on any atom is -0.278 e. The molecule has 1 aromatic carbocycles. The first-order valence-corrected chi connectivity index (χ1v) is 5.44. The van der Waals surface area contributed by atoms with Crippen LogP contribution in [-0.2, 0) is 4.84 Å². The van der Waals surface area contributed by atoms with Crippen LogP contribution >= 0.6 is 11.8 Å². The number of nitrogens with one attached hydrogen (secondary N) is 1. The Morgan fingerprint density at radius 1 is 1.47 bits per heavy atom.